The maximum absolute atomic E-state index is 12.6. The van der Waals surface area contributed by atoms with Crippen LogP contribution in [0.4, 0.5) is 18.9 Å². The molecule has 8 heteroatoms. The average molecular weight is 323 g/mol. The van der Waals surface area contributed by atoms with E-state index in [1.165, 1.54) is 18.2 Å². The zero-order chi connectivity index (χ0) is 15.6. The average Bonchev–Trinajstić information content (AvgIpc) is 2.40. The summed E-state index contributed by atoms with van der Waals surface area (Å²) in [6.45, 7) is 0.942. The van der Waals surface area contributed by atoms with E-state index in [1.807, 2.05) is 4.90 Å². The number of halogens is 4. The van der Waals surface area contributed by atoms with Gasteiger partial charge in [0.1, 0.15) is 0 Å². The summed E-state index contributed by atoms with van der Waals surface area (Å²) < 4.78 is 37.8. The quantitative estimate of drug-likeness (QED) is 0.623. The summed E-state index contributed by atoms with van der Waals surface area (Å²) in [5, 5.41) is 11.1. The summed E-state index contributed by atoms with van der Waals surface area (Å²) in [5.41, 5.74) is 0.496. The van der Waals surface area contributed by atoms with E-state index < -0.39 is 17.0 Å². The predicted octanol–water partition coefficient (Wildman–Crippen LogP) is 4.02. The molecule has 21 heavy (non-hydrogen) atoms. The Morgan fingerprint density at radius 2 is 1.95 bits per heavy atom. The first-order valence-electron chi connectivity index (χ1n) is 6.49. The molecular formula is C13H14ClF3N2O2. The molecular weight excluding hydrogens is 309 g/mol. The molecule has 1 saturated heterocycles. The van der Waals surface area contributed by atoms with E-state index in [9.17, 15) is 23.3 Å². The molecule has 1 aromatic carbocycles. The van der Waals surface area contributed by atoms with Crippen molar-refractivity contribution in [3.05, 3.63) is 38.9 Å². The lowest BCUT2D eigenvalue weighted by atomic mass is 9.96. The first-order chi connectivity index (χ1) is 9.77. The molecule has 1 aliphatic rings. The second-order valence-corrected chi connectivity index (χ2v) is 5.53. The van der Waals surface area contributed by atoms with Crippen molar-refractivity contribution in [1.82, 2.24) is 4.90 Å². The van der Waals surface area contributed by atoms with Crippen LogP contribution >= 0.6 is 11.6 Å². The fourth-order valence-electron chi connectivity index (χ4n) is 2.46. The van der Waals surface area contributed by atoms with Gasteiger partial charge < -0.3 is 0 Å². The predicted molar refractivity (Wildman–Crippen MR) is 72.2 cm³/mol. The van der Waals surface area contributed by atoms with Gasteiger partial charge >= 0.3 is 6.18 Å². The van der Waals surface area contributed by atoms with Gasteiger partial charge in [0.15, 0.2) is 0 Å². The Balaban J connectivity index is 2.01. The molecule has 0 unspecified atom stereocenters. The van der Waals surface area contributed by atoms with Gasteiger partial charge in [-0.2, -0.15) is 13.2 Å². The van der Waals surface area contributed by atoms with Crippen LogP contribution in [0, 0.1) is 16.0 Å². The Morgan fingerprint density at radius 1 is 1.33 bits per heavy atom. The summed E-state index contributed by atoms with van der Waals surface area (Å²) in [6.07, 6.45) is -4.04. The number of benzene rings is 1. The Bertz CT molecular complexity index is 529. The summed E-state index contributed by atoms with van der Waals surface area (Å²) in [4.78, 5) is 12.1. The summed E-state index contributed by atoms with van der Waals surface area (Å²) in [7, 11) is 0. The highest BCUT2D eigenvalue weighted by Gasteiger charge is 2.41. The van der Waals surface area contributed by atoms with Gasteiger partial charge in [-0.05, 0) is 37.6 Å². The molecule has 2 rings (SSSR count). The highest BCUT2D eigenvalue weighted by atomic mass is 35.5. The van der Waals surface area contributed by atoms with Crippen molar-refractivity contribution in [3.8, 4) is 0 Å². The number of hydrogen-bond donors (Lipinski definition) is 0. The fourth-order valence-corrected chi connectivity index (χ4v) is 2.63. The Labute approximate surface area is 124 Å². The molecule has 1 aromatic rings. The third-order valence-corrected chi connectivity index (χ3v) is 4.05. The third kappa shape index (κ3) is 4.07. The van der Waals surface area contributed by atoms with E-state index in [1.54, 1.807) is 0 Å². The molecule has 0 atom stereocenters. The van der Waals surface area contributed by atoms with Crippen LogP contribution < -0.4 is 0 Å². The number of likely N-dealkylation sites (tertiary alicyclic amines) is 1. The van der Waals surface area contributed by atoms with Crippen LogP contribution in [0.1, 0.15) is 18.4 Å². The number of nitrogens with zero attached hydrogens (tertiary/aromatic N) is 2. The minimum absolute atomic E-state index is 0.0516. The number of rotatable bonds is 3. The largest absolute Gasteiger partial charge is 0.391 e. The molecule has 0 amide bonds. The van der Waals surface area contributed by atoms with Gasteiger partial charge in [-0.1, -0.05) is 11.6 Å². The van der Waals surface area contributed by atoms with E-state index in [4.69, 9.17) is 11.6 Å². The van der Waals surface area contributed by atoms with Crippen molar-refractivity contribution < 1.29 is 18.1 Å². The first kappa shape index (κ1) is 16.0. The normalized spacial score (nSPS) is 17.9. The van der Waals surface area contributed by atoms with Crippen molar-refractivity contribution in [1.29, 1.82) is 0 Å². The van der Waals surface area contributed by atoms with Crippen LogP contribution in [0.5, 0.6) is 0 Å². The number of piperidine rings is 1. The molecule has 0 bridgehead atoms. The summed E-state index contributed by atoms with van der Waals surface area (Å²) in [6, 6.07) is 4.12. The Hall–Kier alpha value is -1.34. The molecule has 0 aliphatic carbocycles. The lowest BCUT2D eigenvalue weighted by molar-refractivity contribution is -0.384. The van der Waals surface area contributed by atoms with Gasteiger partial charge in [0, 0.05) is 23.7 Å². The van der Waals surface area contributed by atoms with Crippen LogP contribution in [0.25, 0.3) is 0 Å². The maximum atomic E-state index is 12.6. The van der Waals surface area contributed by atoms with E-state index >= 15 is 0 Å². The number of non-ortho nitro benzene ring substituents is 1. The standard InChI is InChI=1S/C13H14ClF3N2O2/c14-12-2-1-11(19(20)21)7-9(12)8-18-5-3-10(4-6-18)13(15,16)17/h1-2,7,10H,3-6,8H2. The molecule has 0 spiro atoms. The highest BCUT2D eigenvalue weighted by Crippen LogP contribution is 2.34. The summed E-state index contributed by atoms with van der Waals surface area (Å²) >= 11 is 5.99. The highest BCUT2D eigenvalue weighted by molar-refractivity contribution is 6.31. The van der Waals surface area contributed by atoms with Gasteiger partial charge in [-0.25, -0.2) is 0 Å². The molecule has 0 aromatic heterocycles. The zero-order valence-electron chi connectivity index (χ0n) is 11.1. The van der Waals surface area contributed by atoms with Gasteiger partial charge in [0.05, 0.1) is 10.8 Å². The van der Waals surface area contributed by atoms with Gasteiger partial charge in [-0.15, -0.1) is 0 Å². The Morgan fingerprint density at radius 3 is 2.48 bits per heavy atom. The molecule has 1 heterocycles. The second kappa shape index (κ2) is 6.19. The number of nitro groups is 1. The van der Waals surface area contributed by atoms with Crippen LogP contribution in [0.15, 0.2) is 18.2 Å². The monoisotopic (exact) mass is 322 g/mol. The molecule has 1 fully saturated rings. The second-order valence-electron chi connectivity index (χ2n) is 5.12. The molecule has 0 N–H and O–H groups in total. The topological polar surface area (TPSA) is 46.4 Å². The van der Waals surface area contributed by atoms with Crippen molar-refractivity contribution in [2.75, 3.05) is 13.1 Å². The zero-order valence-corrected chi connectivity index (χ0v) is 11.8. The van der Waals surface area contributed by atoms with E-state index in [-0.39, 0.29) is 18.5 Å². The third-order valence-electron chi connectivity index (χ3n) is 3.68. The lowest BCUT2D eigenvalue weighted by Gasteiger charge is -2.32. The lowest BCUT2D eigenvalue weighted by Crippen LogP contribution is -2.38. The molecule has 116 valence electrons. The molecule has 1 aliphatic heterocycles. The van der Waals surface area contributed by atoms with Gasteiger partial charge in [0.25, 0.3) is 5.69 Å². The van der Waals surface area contributed by atoms with Crippen LogP contribution in [0.2, 0.25) is 5.02 Å². The van der Waals surface area contributed by atoms with Crippen molar-refractivity contribution in [2.45, 2.75) is 25.6 Å². The molecule has 0 radical (unpaired) electrons. The van der Waals surface area contributed by atoms with Crippen LogP contribution in [-0.4, -0.2) is 29.1 Å². The number of alkyl halides is 3. The SMILES string of the molecule is O=[N+]([O-])c1ccc(Cl)c(CN2CCC(C(F)(F)F)CC2)c1. The summed E-state index contributed by atoms with van der Waals surface area (Å²) in [5.74, 6) is -1.26. The van der Waals surface area contributed by atoms with E-state index in [0.717, 1.165) is 0 Å². The van der Waals surface area contributed by atoms with Gasteiger partial charge in [-0.3, -0.25) is 15.0 Å². The Kier molecular flexibility index (Phi) is 4.73. The maximum Gasteiger partial charge on any atom is 0.391 e. The van der Waals surface area contributed by atoms with Crippen molar-refractivity contribution in [2.24, 2.45) is 5.92 Å². The van der Waals surface area contributed by atoms with Crippen LogP contribution in [-0.2, 0) is 6.54 Å². The number of nitro benzene ring substituents is 1. The van der Waals surface area contributed by atoms with Gasteiger partial charge in [0.2, 0.25) is 0 Å². The minimum atomic E-state index is -4.14. The molecule has 0 saturated carbocycles. The first-order valence-corrected chi connectivity index (χ1v) is 6.87. The number of hydrogen-bond acceptors (Lipinski definition) is 3. The minimum Gasteiger partial charge on any atom is -0.299 e. The van der Waals surface area contributed by atoms with Crippen molar-refractivity contribution >= 4 is 17.3 Å². The van der Waals surface area contributed by atoms with E-state index in [2.05, 4.69) is 0 Å². The smallest absolute Gasteiger partial charge is 0.299 e. The van der Waals surface area contributed by atoms with Crippen LogP contribution in [0.3, 0.4) is 0 Å². The molecule has 4 nitrogen and oxygen atoms in total. The fraction of sp³-hybridized carbons (Fsp3) is 0.538. The van der Waals surface area contributed by atoms with Crippen molar-refractivity contribution in [3.63, 3.8) is 0 Å². The van der Waals surface area contributed by atoms with E-state index in [0.29, 0.717) is 30.2 Å².